The Labute approximate surface area is 66.5 Å². The average Bonchev–Trinajstić information content (AvgIpc) is 2.59. The molecule has 1 aliphatic carbocycles. The zero-order valence-corrected chi connectivity index (χ0v) is 6.63. The van der Waals surface area contributed by atoms with Crippen LogP contribution in [0, 0.1) is 11.3 Å². The number of hydrogen-bond acceptors (Lipinski definition) is 2. The SMILES string of the molecule is CC1(C#N)OC12C=CCCC2. The van der Waals surface area contributed by atoms with Gasteiger partial charge in [-0.3, -0.25) is 0 Å². The van der Waals surface area contributed by atoms with Gasteiger partial charge in [0.2, 0.25) is 0 Å². The number of allylic oxidation sites excluding steroid dienone is 1. The summed E-state index contributed by atoms with van der Waals surface area (Å²) in [6, 6.07) is 2.20. The fraction of sp³-hybridized carbons (Fsp3) is 0.667. The lowest BCUT2D eigenvalue weighted by Gasteiger charge is -2.12. The Hall–Kier alpha value is -0.810. The van der Waals surface area contributed by atoms with E-state index in [4.69, 9.17) is 10.00 Å². The molecule has 1 saturated heterocycles. The molecule has 2 atom stereocenters. The van der Waals surface area contributed by atoms with Crippen molar-refractivity contribution >= 4 is 0 Å². The molecule has 2 unspecified atom stereocenters. The Balaban J connectivity index is 2.23. The molecule has 0 aromatic heterocycles. The third-order valence-corrected chi connectivity index (χ3v) is 2.67. The van der Waals surface area contributed by atoms with Gasteiger partial charge in [-0.25, -0.2) is 0 Å². The van der Waals surface area contributed by atoms with Gasteiger partial charge in [0, 0.05) is 0 Å². The number of hydrogen-bond donors (Lipinski definition) is 0. The highest BCUT2D eigenvalue weighted by Gasteiger charge is 2.66. The number of epoxide rings is 1. The standard InChI is InChI=1S/C9H11NO/c1-8(7-10)9(11-8)5-3-2-4-6-9/h3,5H,2,4,6H2,1H3. The fourth-order valence-corrected chi connectivity index (χ4v) is 1.78. The van der Waals surface area contributed by atoms with Crippen molar-refractivity contribution in [1.82, 2.24) is 0 Å². The Morgan fingerprint density at radius 2 is 2.45 bits per heavy atom. The first-order valence-electron chi connectivity index (χ1n) is 4.02. The van der Waals surface area contributed by atoms with Crippen molar-refractivity contribution in [2.24, 2.45) is 0 Å². The number of rotatable bonds is 0. The molecule has 2 nitrogen and oxygen atoms in total. The summed E-state index contributed by atoms with van der Waals surface area (Å²) in [5.41, 5.74) is -0.732. The largest absolute Gasteiger partial charge is 0.342 e. The third-order valence-electron chi connectivity index (χ3n) is 2.67. The highest BCUT2D eigenvalue weighted by Crippen LogP contribution is 2.53. The Morgan fingerprint density at radius 1 is 1.64 bits per heavy atom. The van der Waals surface area contributed by atoms with Gasteiger partial charge in [-0.1, -0.05) is 12.2 Å². The zero-order valence-electron chi connectivity index (χ0n) is 6.63. The van der Waals surface area contributed by atoms with Crippen LogP contribution in [0.1, 0.15) is 26.2 Å². The average molecular weight is 149 g/mol. The van der Waals surface area contributed by atoms with Gasteiger partial charge in [0.15, 0.2) is 5.60 Å². The van der Waals surface area contributed by atoms with E-state index in [1.807, 2.05) is 6.92 Å². The van der Waals surface area contributed by atoms with Crippen LogP contribution in [0.3, 0.4) is 0 Å². The van der Waals surface area contributed by atoms with Crippen LogP contribution in [0.2, 0.25) is 0 Å². The molecule has 11 heavy (non-hydrogen) atoms. The van der Waals surface area contributed by atoms with Crippen LogP contribution < -0.4 is 0 Å². The molecule has 1 fully saturated rings. The van der Waals surface area contributed by atoms with Gasteiger partial charge in [-0.2, -0.15) is 5.26 Å². The van der Waals surface area contributed by atoms with Crippen LogP contribution in [0.25, 0.3) is 0 Å². The summed E-state index contributed by atoms with van der Waals surface area (Å²) in [5.74, 6) is 0. The van der Waals surface area contributed by atoms with Gasteiger partial charge < -0.3 is 4.74 Å². The van der Waals surface area contributed by atoms with Crippen molar-refractivity contribution in [2.45, 2.75) is 37.4 Å². The predicted molar refractivity (Wildman–Crippen MR) is 40.8 cm³/mol. The van der Waals surface area contributed by atoms with E-state index in [1.165, 1.54) is 0 Å². The van der Waals surface area contributed by atoms with E-state index in [9.17, 15) is 0 Å². The summed E-state index contributed by atoms with van der Waals surface area (Å²) in [5, 5.41) is 8.77. The Morgan fingerprint density at radius 3 is 2.91 bits per heavy atom. The van der Waals surface area contributed by atoms with E-state index in [0.717, 1.165) is 19.3 Å². The van der Waals surface area contributed by atoms with Gasteiger partial charge in [0.1, 0.15) is 11.7 Å². The molecule has 0 aromatic rings. The summed E-state index contributed by atoms with van der Waals surface area (Å²) in [7, 11) is 0. The molecule has 1 aliphatic heterocycles. The maximum Gasteiger partial charge on any atom is 0.185 e. The predicted octanol–water partition coefficient (Wildman–Crippen LogP) is 1.78. The molecule has 0 saturated carbocycles. The molecule has 2 heteroatoms. The summed E-state index contributed by atoms with van der Waals surface area (Å²) in [6.45, 7) is 1.86. The summed E-state index contributed by atoms with van der Waals surface area (Å²) in [6.07, 6.45) is 7.46. The second kappa shape index (κ2) is 1.86. The van der Waals surface area contributed by atoms with Gasteiger partial charge >= 0.3 is 0 Å². The smallest absolute Gasteiger partial charge is 0.185 e. The van der Waals surface area contributed by atoms with E-state index in [1.54, 1.807) is 0 Å². The minimum Gasteiger partial charge on any atom is -0.342 e. The van der Waals surface area contributed by atoms with Crippen LogP contribution in [-0.2, 0) is 4.74 Å². The molecule has 1 heterocycles. The zero-order chi connectivity index (χ0) is 7.95. The molecular formula is C9H11NO. The van der Waals surface area contributed by atoms with Gasteiger partial charge in [-0.15, -0.1) is 0 Å². The van der Waals surface area contributed by atoms with Gasteiger partial charge in [0.25, 0.3) is 0 Å². The van der Waals surface area contributed by atoms with Gasteiger partial charge in [0.05, 0.1) is 0 Å². The summed E-state index contributed by atoms with van der Waals surface area (Å²) in [4.78, 5) is 0. The van der Waals surface area contributed by atoms with Crippen LogP contribution in [-0.4, -0.2) is 11.2 Å². The van der Waals surface area contributed by atoms with Gasteiger partial charge in [-0.05, 0) is 26.2 Å². The van der Waals surface area contributed by atoms with E-state index in [-0.39, 0.29) is 5.60 Å². The first kappa shape index (κ1) is 6.87. The van der Waals surface area contributed by atoms with Crippen LogP contribution in [0.5, 0.6) is 0 Å². The van der Waals surface area contributed by atoms with Crippen molar-refractivity contribution in [3.63, 3.8) is 0 Å². The molecule has 0 radical (unpaired) electrons. The van der Waals surface area contributed by atoms with Crippen LogP contribution in [0.15, 0.2) is 12.2 Å². The third kappa shape index (κ3) is 0.749. The fourth-order valence-electron chi connectivity index (χ4n) is 1.78. The van der Waals surface area contributed by atoms with E-state index >= 15 is 0 Å². The molecule has 0 amide bonds. The monoisotopic (exact) mass is 149 g/mol. The van der Waals surface area contributed by atoms with E-state index < -0.39 is 5.60 Å². The highest BCUT2D eigenvalue weighted by atomic mass is 16.6. The molecule has 1 spiro atoms. The highest BCUT2D eigenvalue weighted by molar-refractivity contribution is 5.33. The normalized spacial score (nSPS) is 47.3. The maximum absolute atomic E-state index is 8.77. The number of nitrogens with zero attached hydrogens (tertiary/aromatic N) is 1. The van der Waals surface area contributed by atoms with Crippen LogP contribution in [0.4, 0.5) is 0 Å². The topological polar surface area (TPSA) is 36.3 Å². The number of ether oxygens (including phenoxy) is 1. The minimum atomic E-state index is -0.524. The van der Waals surface area contributed by atoms with E-state index in [0.29, 0.717) is 0 Å². The lowest BCUT2D eigenvalue weighted by molar-refractivity contribution is 0.299. The van der Waals surface area contributed by atoms with Crippen molar-refractivity contribution in [3.8, 4) is 6.07 Å². The first-order chi connectivity index (χ1) is 5.22. The van der Waals surface area contributed by atoms with E-state index in [2.05, 4.69) is 18.2 Å². The quantitative estimate of drug-likeness (QED) is 0.389. The Kier molecular flexibility index (Phi) is 1.16. The lowest BCUT2D eigenvalue weighted by atomic mass is 9.86. The molecule has 2 aliphatic rings. The molecular weight excluding hydrogens is 138 g/mol. The van der Waals surface area contributed by atoms with Crippen molar-refractivity contribution in [3.05, 3.63) is 12.2 Å². The summed E-state index contributed by atoms with van der Waals surface area (Å²) >= 11 is 0. The summed E-state index contributed by atoms with van der Waals surface area (Å²) < 4.78 is 5.43. The van der Waals surface area contributed by atoms with Crippen molar-refractivity contribution < 1.29 is 4.74 Å². The molecule has 0 N–H and O–H groups in total. The molecule has 2 rings (SSSR count). The lowest BCUT2D eigenvalue weighted by Crippen LogP contribution is -2.21. The molecule has 0 bridgehead atoms. The maximum atomic E-state index is 8.77. The Bertz CT molecular complexity index is 253. The minimum absolute atomic E-state index is 0.208. The van der Waals surface area contributed by atoms with Crippen LogP contribution >= 0.6 is 0 Å². The second-order valence-electron chi connectivity index (χ2n) is 3.43. The molecule has 58 valence electrons. The first-order valence-corrected chi connectivity index (χ1v) is 4.02. The second-order valence-corrected chi connectivity index (χ2v) is 3.43. The molecule has 0 aromatic carbocycles. The van der Waals surface area contributed by atoms with Crippen molar-refractivity contribution in [1.29, 1.82) is 5.26 Å². The van der Waals surface area contributed by atoms with Crippen molar-refractivity contribution in [2.75, 3.05) is 0 Å². The number of nitriles is 1.